The molecule has 1 aliphatic heterocycles. The molecule has 0 atom stereocenters. The van der Waals surface area contributed by atoms with Crippen LogP contribution in [-0.4, -0.2) is 37.5 Å². The minimum Gasteiger partial charge on any atom is -0.347 e. The molecule has 126 valence electrons. The van der Waals surface area contributed by atoms with E-state index in [1.54, 1.807) is 6.07 Å². The molecule has 4 heterocycles. The lowest BCUT2D eigenvalue weighted by Crippen LogP contribution is -2.33. The van der Waals surface area contributed by atoms with Crippen molar-refractivity contribution in [2.24, 2.45) is 7.05 Å². The fourth-order valence-corrected chi connectivity index (χ4v) is 4.28. The smallest absolute Gasteiger partial charge is 0.275 e. The van der Waals surface area contributed by atoms with Gasteiger partial charge in [0, 0.05) is 49.7 Å². The topological polar surface area (TPSA) is 68.3 Å². The first-order chi connectivity index (χ1) is 11.7. The Bertz CT molecular complexity index is 918. The van der Waals surface area contributed by atoms with Crippen LogP contribution in [0.5, 0.6) is 0 Å². The van der Waals surface area contributed by atoms with Crippen molar-refractivity contribution in [2.45, 2.75) is 32.1 Å². The minimum atomic E-state index is -0.0934. The van der Waals surface area contributed by atoms with Gasteiger partial charge in [-0.1, -0.05) is 18.3 Å². The molecule has 0 spiro atoms. The summed E-state index contributed by atoms with van der Waals surface area (Å²) in [5.74, 6) is 0.538. The predicted molar refractivity (Wildman–Crippen MR) is 93.9 cm³/mol. The molecule has 3 aromatic rings. The number of aromatic nitrogens is 5. The van der Waals surface area contributed by atoms with E-state index in [2.05, 4.69) is 26.1 Å². The summed E-state index contributed by atoms with van der Waals surface area (Å²) in [5, 5.41) is 9.64. The zero-order valence-corrected chi connectivity index (χ0v) is 14.7. The molecule has 1 saturated heterocycles. The number of fused-ring (bicyclic) bond motifs is 1. The van der Waals surface area contributed by atoms with Crippen LogP contribution in [0, 0.1) is 0 Å². The van der Waals surface area contributed by atoms with Gasteiger partial charge in [-0.3, -0.25) is 9.48 Å². The first-order valence-electron chi connectivity index (χ1n) is 8.28. The number of rotatable bonds is 3. The Balaban J connectivity index is 1.55. The van der Waals surface area contributed by atoms with Crippen molar-refractivity contribution in [2.75, 3.05) is 18.0 Å². The van der Waals surface area contributed by atoms with Crippen molar-refractivity contribution < 1.29 is 0 Å². The number of piperidine rings is 1. The SMILES string of the molecule is CCc1cc(=O)n2nc(N3CCC(c4ccnn4C)CC3)sc2n1. The van der Waals surface area contributed by atoms with Crippen LogP contribution < -0.4 is 10.5 Å². The van der Waals surface area contributed by atoms with Crippen molar-refractivity contribution >= 4 is 21.4 Å². The predicted octanol–water partition coefficient (Wildman–Crippen LogP) is 1.83. The van der Waals surface area contributed by atoms with Crippen LogP contribution in [-0.2, 0) is 13.5 Å². The summed E-state index contributed by atoms with van der Waals surface area (Å²) in [6.45, 7) is 3.87. The number of hydrogen-bond acceptors (Lipinski definition) is 6. The van der Waals surface area contributed by atoms with E-state index in [0.29, 0.717) is 10.9 Å². The quantitative estimate of drug-likeness (QED) is 0.725. The molecule has 8 heteroatoms. The molecule has 0 aliphatic carbocycles. The maximum absolute atomic E-state index is 12.1. The van der Waals surface area contributed by atoms with E-state index in [4.69, 9.17) is 0 Å². The van der Waals surface area contributed by atoms with Crippen molar-refractivity contribution in [1.82, 2.24) is 24.4 Å². The molecule has 24 heavy (non-hydrogen) atoms. The van der Waals surface area contributed by atoms with Crippen LogP contribution in [0.15, 0.2) is 23.1 Å². The normalized spacial score (nSPS) is 16.2. The van der Waals surface area contributed by atoms with E-state index >= 15 is 0 Å². The highest BCUT2D eigenvalue weighted by Gasteiger charge is 2.25. The first-order valence-corrected chi connectivity index (χ1v) is 9.10. The Labute approximate surface area is 143 Å². The summed E-state index contributed by atoms with van der Waals surface area (Å²) >= 11 is 1.50. The van der Waals surface area contributed by atoms with Crippen molar-refractivity contribution in [3.63, 3.8) is 0 Å². The first kappa shape index (κ1) is 15.3. The number of aryl methyl sites for hydroxylation is 2. The van der Waals surface area contributed by atoms with E-state index in [-0.39, 0.29) is 5.56 Å². The Hall–Kier alpha value is -2.22. The highest BCUT2D eigenvalue weighted by Crippen LogP contribution is 2.31. The molecular formula is C16H20N6OS. The largest absolute Gasteiger partial charge is 0.347 e. The van der Waals surface area contributed by atoms with E-state index < -0.39 is 0 Å². The van der Waals surface area contributed by atoms with Crippen LogP contribution in [0.25, 0.3) is 4.96 Å². The van der Waals surface area contributed by atoms with Crippen LogP contribution in [0.1, 0.15) is 37.1 Å². The van der Waals surface area contributed by atoms with Gasteiger partial charge in [-0.05, 0) is 25.3 Å². The van der Waals surface area contributed by atoms with Crippen molar-refractivity contribution in [1.29, 1.82) is 0 Å². The molecule has 0 amide bonds. The van der Waals surface area contributed by atoms with Crippen LogP contribution in [0.2, 0.25) is 0 Å². The lowest BCUT2D eigenvalue weighted by molar-refractivity contribution is 0.476. The third kappa shape index (κ3) is 2.60. The fourth-order valence-electron chi connectivity index (χ4n) is 3.31. The Kier molecular flexibility index (Phi) is 3.84. The Morgan fingerprint density at radius 1 is 1.33 bits per heavy atom. The molecule has 0 radical (unpaired) electrons. The Morgan fingerprint density at radius 2 is 2.12 bits per heavy atom. The summed E-state index contributed by atoms with van der Waals surface area (Å²) in [7, 11) is 2.00. The van der Waals surface area contributed by atoms with E-state index in [0.717, 1.165) is 43.2 Å². The van der Waals surface area contributed by atoms with Crippen LogP contribution >= 0.6 is 11.3 Å². The summed E-state index contributed by atoms with van der Waals surface area (Å²) in [6, 6.07) is 3.68. The second-order valence-electron chi connectivity index (χ2n) is 6.16. The van der Waals surface area contributed by atoms with Gasteiger partial charge in [0.15, 0.2) is 0 Å². The third-order valence-corrected chi connectivity index (χ3v) is 5.66. The van der Waals surface area contributed by atoms with Gasteiger partial charge in [0.05, 0.1) is 0 Å². The molecule has 7 nitrogen and oxygen atoms in total. The highest BCUT2D eigenvalue weighted by atomic mass is 32.1. The van der Waals surface area contributed by atoms with Gasteiger partial charge >= 0.3 is 0 Å². The minimum absolute atomic E-state index is 0.0934. The molecule has 0 bridgehead atoms. The number of anilines is 1. The number of hydrogen-bond donors (Lipinski definition) is 0. The van der Waals surface area contributed by atoms with Gasteiger partial charge in [-0.2, -0.15) is 9.61 Å². The maximum Gasteiger partial charge on any atom is 0.275 e. The van der Waals surface area contributed by atoms with E-state index in [1.165, 1.54) is 21.5 Å². The van der Waals surface area contributed by atoms with Gasteiger partial charge in [0.1, 0.15) is 0 Å². The summed E-state index contributed by atoms with van der Waals surface area (Å²) in [4.78, 5) is 19.6. The number of nitrogens with zero attached hydrogens (tertiary/aromatic N) is 6. The zero-order chi connectivity index (χ0) is 16.7. The molecule has 1 aliphatic rings. The molecule has 0 N–H and O–H groups in total. The highest BCUT2D eigenvalue weighted by molar-refractivity contribution is 7.20. The van der Waals surface area contributed by atoms with Gasteiger partial charge in [-0.25, -0.2) is 4.98 Å². The second-order valence-corrected chi connectivity index (χ2v) is 7.09. The molecule has 0 unspecified atom stereocenters. The summed E-state index contributed by atoms with van der Waals surface area (Å²) in [5.41, 5.74) is 2.03. The van der Waals surface area contributed by atoms with Crippen molar-refractivity contribution in [3.05, 3.63) is 40.1 Å². The Morgan fingerprint density at radius 3 is 2.79 bits per heavy atom. The summed E-state index contributed by atoms with van der Waals surface area (Å²) in [6.07, 6.45) is 4.75. The summed E-state index contributed by atoms with van der Waals surface area (Å²) < 4.78 is 3.39. The van der Waals surface area contributed by atoms with Crippen LogP contribution in [0.4, 0.5) is 5.13 Å². The van der Waals surface area contributed by atoms with Gasteiger partial charge in [0.25, 0.3) is 5.56 Å². The maximum atomic E-state index is 12.1. The molecule has 3 aromatic heterocycles. The van der Waals surface area contributed by atoms with E-state index in [9.17, 15) is 4.79 Å². The molecular weight excluding hydrogens is 324 g/mol. The lowest BCUT2D eigenvalue weighted by atomic mass is 9.94. The molecule has 1 fully saturated rings. The fraction of sp³-hybridized carbons (Fsp3) is 0.500. The zero-order valence-electron chi connectivity index (χ0n) is 13.8. The van der Waals surface area contributed by atoms with Crippen molar-refractivity contribution in [3.8, 4) is 0 Å². The standard InChI is InChI=1S/C16H20N6OS/c1-3-12-10-14(23)22-15(18-12)24-16(19-22)21-8-5-11(6-9-21)13-4-7-17-20(13)2/h4,7,10-11H,3,5-6,8-9H2,1-2H3. The van der Waals surface area contributed by atoms with Crippen LogP contribution in [0.3, 0.4) is 0 Å². The van der Waals surface area contributed by atoms with Gasteiger partial charge in [0.2, 0.25) is 10.1 Å². The molecule has 4 rings (SSSR count). The van der Waals surface area contributed by atoms with Gasteiger partial charge < -0.3 is 4.90 Å². The lowest BCUT2D eigenvalue weighted by Gasteiger charge is -2.31. The van der Waals surface area contributed by atoms with E-state index in [1.807, 2.05) is 24.9 Å². The molecule has 0 aromatic carbocycles. The third-order valence-electron chi connectivity index (χ3n) is 4.69. The monoisotopic (exact) mass is 344 g/mol. The average molecular weight is 344 g/mol. The van der Waals surface area contributed by atoms with Gasteiger partial charge in [-0.15, -0.1) is 5.10 Å². The second kappa shape index (κ2) is 6.01. The average Bonchev–Trinajstić information content (AvgIpc) is 3.21. The molecule has 0 saturated carbocycles.